The van der Waals surface area contributed by atoms with Crippen LogP contribution in [0.4, 0.5) is 0 Å². The van der Waals surface area contributed by atoms with E-state index in [2.05, 4.69) is 180 Å². The zero-order valence-electron chi connectivity index (χ0n) is 31.2. The van der Waals surface area contributed by atoms with Crippen LogP contribution in [0.5, 0.6) is 0 Å². The van der Waals surface area contributed by atoms with Crippen LogP contribution >= 0.6 is 0 Å². The van der Waals surface area contributed by atoms with Gasteiger partial charge >= 0.3 is 0 Å². The topological polar surface area (TPSA) is 55.6 Å². The number of aromatic nitrogens is 1. The SMILES string of the molecule is C1=CCCC(C2CC(c3ccccc3)NC(c3ccc4c(c3)oc3ccc(-c5cccc6oc7ccc(-n8c9ccccc9c9ccccc98)cc7c56)cc34)=N2)=C1. The molecule has 0 saturated heterocycles. The number of fused-ring (bicyclic) bond motifs is 9. The zero-order valence-corrected chi connectivity index (χ0v) is 31.2. The van der Waals surface area contributed by atoms with Crippen molar-refractivity contribution in [3.8, 4) is 16.8 Å². The van der Waals surface area contributed by atoms with Crippen LogP contribution in [-0.2, 0) is 0 Å². The van der Waals surface area contributed by atoms with Crippen molar-refractivity contribution < 1.29 is 8.83 Å². The molecule has 0 amide bonds. The minimum absolute atomic E-state index is 0.130. The molecule has 0 saturated carbocycles. The molecule has 1 N–H and O–H groups in total. The summed E-state index contributed by atoms with van der Waals surface area (Å²) < 4.78 is 15.4. The third-order valence-electron chi connectivity index (χ3n) is 12.1. The number of nitrogens with zero attached hydrogens (tertiary/aromatic N) is 2. The third-order valence-corrected chi connectivity index (χ3v) is 12.1. The van der Waals surface area contributed by atoms with E-state index in [0.717, 1.165) is 91.4 Å². The molecule has 3 aromatic heterocycles. The Morgan fingerprint density at radius 2 is 1.33 bits per heavy atom. The summed E-state index contributed by atoms with van der Waals surface area (Å²) in [4.78, 5) is 5.32. The molecule has 5 heteroatoms. The molecule has 2 atom stereocenters. The normalized spacial score (nSPS) is 17.2. The fraction of sp³-hybridized carbons (Fsp3) is 0.0962. The molecule has 12 rings (SSSR count). The number of allylic oxidation sites excluding steroid dienone is 3. The van der Waals surface area contributed by atoms with Gasteiger partial charge in [0.15, 0.2) is 0 Å². The molecule has 0 bridgehead atoms. The van der Waals surface area contributed by atoms with Crippen LogP contribution in [0.2, 0.25) is 0 Å². The summed E-state index contributed by atoms with van der Waals surface area (Å²) >= 11 is 0. The Hall–Kier alpha value is -7.11. The summed E-state index contributed by atoms with van der Waals surface area (Å²) in [5, 5.41) is 10.7. The van der Waals surface area contributed by atoms with Gasteiger partial charge in [-0.1, -0.05) is 109 Å². The maximum Gasteiger partial charge on any atom is 0.136 e. The quantitative estimate of drug-likeness (QED) is 0.191. The van der Waals surface area contributed by atoms with Crippen LogP contribution < -0.4 is 5.32 Å². The summed E-state index contributed by atoms with van der Waals surface area (Å²) in [6, 6.07) is 54.3. The van der Waals surface area contributed by atoms with Crippen molar-refractivity contribution in [2.45, 2.75) is 31.3 Å². The van der Waals surface area contributed by atoms with Crippen molar-refractivity contribution in [1.29, 1.82) is 0 Å². The number of nitrogens with one attached hydrogen (secondary N) is 1. The minimum atomic E-state index is 0.130. The van der Waals surface area contributed by atoms with E-state index in [1.54, 1.807) is 0 Å². The second-order valence-corrected chi connectivity index (χ2v) is 15.4. The molecule has 0 fully saturated rings. The van der Waals surface area contributed by atoms with Gasteiger partial charge in [0.25, 0.3) is 0 Å². The van der Waals surface area contributed by atoms with Crippen LogP contribution in [0, 0.1) is 0 Å². The molecule has 57 heavy (non-hydrogen) atoms. The number of aliphatic imine (C=N–C) groups is 1. The Labute approximate surface area is 328 Å². The highest BCUT2D eigenvalue weighted by Gasteiger charge is 2.28. The number of furan rings is 2. The van der Waals surface area contributed by atoms with E-state index in [4.69, 9.17) is 13.8 Å². The minimum Gasteiger partial charge on any atom is -0.456 e. The van der Waals surface area contributed by atoms with E-state index >= 15 is 0 Å². The highest BCUT2D eigenvalue weighted by Crippen LogP contribution is 2.41. The molecule has 4 heterocycles. The van der Waals surface area contributed by atoms with Crippen molar-refractivity contribution in [2.24, 2.45) is 4.99 Å². The third kappa shape index (κ3) is 5.19. The van der Waals surface area contributed by atoms with E-state index in [0.29, 0.717) is 0 Å². The van der Waals surface area contributed by atoms with Gasteiger partial charge in [0, 0.05) is 43.6 Å². The molecule has 1 aliphatic heterocycles. The zero-order chi connectivity index (χ0) is 37.5. The van der Waals surface area contributed by atoms with Gasteiger partial charge in [-0.05, 0) is 102 Å². The number of hydrogen-bond acceptors (Lipinski definition) is 4. The summed E-state index contributed by atoms with van der Waals surface area (Å²) in [6.45, 7) is 0. The Kier molecular flexibility index (Phi) is 7.18. The van der Waals surface area contributed by atoms with Crippen LogP contribution in [-0.4, -0.2) is 16.4 Å². The van der Waals surface area contributed by atoms with E-state index in [-0.39, 0.29) is 12.1 Å². The van der Waals surface area contributed by atoms with Crippen molar-refractivity contribution in [2.75, 3.05) is 0 Å². The number of para-hydroxylation sites is 2. The van der Waals surface area contributed by atoms with Gasteiger partial charge < -0.3 is 18.7 Å². The lowest BCUT2D eigenvalue weighted by atomic mass is 9.89. The first-order chi connectivity index (χ1) is 28.2. The van der Waals surface area contributed by atoms with Gasteiger partial charge in [-0.2, -0.15) is 0 Å². The largest absolute Gasteiger partial charge is 0.456 e. The van der Waals surface area contributed by atoms with Crippen LogP contribution in [0.3, 0.4) is 0 Å². The highest BCUT2D eigenvalue weighted by atomic mass is 16.3. The van der Waals surface area contributed by atoms with Gasteiger partial charge in [-0.25, -0.2) is 0 Å². The van der Waals surface area contributed by atoms with Gasteiger partial charge in [-0.3, -0.25) is 4.99 Å². The highest BCUT2D eigenvalue weighted by molar-refractivity contribution is 6.16. The first-order valence-corrected chi connectivity index (χ1v) is 19.9. The number of hydrogen-bond donors (Lipinski definition) is 1. The summed E-state index contributed by atoms with van der Waals surface area (Å²) in [5.41, 5.74) is 12.9. The van der Waals surface area contributed by atoms with Crippen molar-refractivity contribution >= 4 is 71.5 Å². The average molecular weight is 736 g/mol. The lowest BCUT2D eigenvalue weighted by molar-refractivity contribution is 0.504. The van der Waals surface area contributed by atoms with Gasteiger partial charge in [0.05, 0.1) is 23.1 Å². The van der Waals surface area contributed by atoms with Gasteiger partial charge in [0.2, 0.25) is 0 Å². The lowest BCUT2D eigenvalue weighted by Crippen LogP contribution is -2.38. The van der Waals surface area contributed by atoms with E-state index in [1.807, 2.05) is 0 Å². The number of amidine groups is 1. The maximum absolute atomic E-state index is 6.57. The van der Waals surface area contributed by atoms with E-state index < -0.39 is 0 Å². The second-order valence-electron chi connectivity index (χ2n) is 15.4. The Morgan fingerprint density at radius 3 is 2.16 bits per heavy atom. The molecular formula is C52H37N3O2. The molecule has 7 aromatic carbocycles. The first kappa shape index (κ1) is 32.2. The molecular weight excluding hydrogens is 699 g/mol. The van der Waals surface area contributed by atoms with Crippen molar-refractivity contribution in [1.82, 2.24) is 9.88 Å². The molecule has 2 unspecified atom stereocenters. The fourth-order valence-corrected chi connectivity index (χ4v) is 9.38. The number of benzene rings is 7. The van der Waals surface area contributed by atoms with Crippen LogP contribution in [0.1, 0.15) is 36.4 Å². The predicted octanol–water partition coefficient (Wildman–Crippen LogP) is 13.4. The molecule has 0 spiro atoms. The predicted molar refractivity (Wildman–Crippen MR) is 234 cm³/mol. The van der Waals surface area contributed by atoms with Crippen molar-refractivity contribution in [3.63, 3.8) is 0 Å². The lowest BCUT2D eigenvalue weighted by Gasteiger charge is -2.32. The summed E-state index contributed by atoms with van der Waals surface area (Å²) in [5.74, 6) is 0.914. The molecule has 10 aromatic rings. The number of rotatable bonds is 5. The maximum atomic E-state index is 6.57. The average Bonchev–Trinajstić information content (AvgIpc) is 3.95. The van der Waals surface area contributed by atoms with Crippen LogP contribution in [0.15, 0.2) is 189 Å². The molecule has 5 nitrogen and oxygen atoms in total. The standard InChI is InChI=1S/C52H37N3O2/c1-3-12-32(13-4-1)43-31-44(33-14-5-2-6-15-33)54-52(53-43)35-22-25-40-41-28-34(23-26-47(41)57-50(40)29-35)37-18-11-21-49-51(37)42-30-36(24-27-48(42)56-49)55-45-19-9-7-16-38(45)39-17-8-10-20-46(39)55/h1-5,7-14,16-30,43-44H,6,15,31H2,(H,53,54). The van der Waals surface area contributed by atoms with Crippen molar-refractivity contribution in [3.05, 3.63) is 187 Å². The molecule has 1 aliphatic carbocycles. The van der Waals surface area contributed by atoms with Crippen LogP contribution in [0.25, 0.3) is 82.5 Å². The monoisotopic (exact) mass is 735 g/mol. The fourth-order valence-electron chi connectivity index (χ4n) is 9.38. The summed E-state index contributed by atoms with van der Waals surface area (Å²) in [6.07, 6.45) is 9.74. The van der Waals surface area contributed by atoms with Gasteiger partial charge in [0.1, 0.15) is 28.2 Å². The van der Waals surface area contributed by atoms with E-state index in [1.165, 1.54) is 32.9 Å². The van der Waals surface area contributed by atoms with E-state index in [9.17, 15) is 0 Å². The molecule has 272 valence electrons. The second kappa shape index (κ2) is 12.7. The van der Waals surface area contributed by atoms with Gasteiger partial charge in [-0.15, -0.1) is 0 Å². The first-order valence-electron chi connectivity index (χ1n) is 19.9. The smallest absolute Gasteiger partial charge is 0.136 e. The Morgan fingerprint density at radius 1 is 0.579 bits per heavy atom. The summed E-state index contributed by atoms with van der Waals surface area (Å²) in [7, 11) is 0. The Bertz CT molecular complexity index is 3270. The molecule has 0 radical (unpaired) electrons. The Balaban J connectivity index is 0.958. The molecule has 2 aliphatic rings.